The van der Waals surface area contributed by atoms with Gasteiger partial charge in [-0.2, -0.15) is 5.10 Å². The molecular weight excluding hydrogens is 414 g/mol. The molecule has 1 amide bonds. The van der Waals surface area contributed by atoms with Gasteiger partial charge >= 0.3 is 0 Å². The summed E-state index contributed by atoms with van der Waals surface area (Å²) in [5, 5.41) is 27.9. The molecule has 3 N–H and O–H groups in total. The molecule has 0 radical (unpaired) electrons. The van der Waals surface area contributed by atoms with Crippen molar-refractivity contribution < 1.29 is 15.0 Å². The quantitative estimate of drug-likeness (QED) is 0.555. The number of aliphatic hydroxyl groups excluding tert-OH is 1. The lowest BCUT2D eigenvalue weighted by Crippen LogP contribution is -2.32. The molecule has 0 fully saturated rings. The van der Waals surface area contributed by atoms with E-state index in [1.165, 1.54) is 5.56 Å². The van der Waals surface area contributed by atoms with Crippen LogP contribution in [0.1, 0.15) is 59.6 Å². The van der Waals surface area contributed by atoms with Crippen molar-refractivity contribution in [3.05, 3.63) is 69.4 Å². The average molecular weight is 440 g/mol. The van der Waals surface area contributed by atoms with Gasteiger partial charge in [0.25, 0.3) is 5.91 Å². The molecule has 0 spiro atoms. The summed E-state index contributed by atoms with van der Waals surface area (Å²) in [7, 11) is 0. The van der Waals surface area contributed by atoms with Gasteiger partial charge in [0.05, 0.1) is 12.6 Å². The molecule has 0 aliphatic carbocycles. The van der Waals surface area contributed by atoms with Crippen LogP contribution in [0.15, 0.2) is 36.4 Å². The van der Waals surface area contributed by atoms with E-state index in [2.05, 4.69) is 43.1 Å². The van der Waals surface area contributed by atoms with Gasteiger partial charge in [-0.3, -0.25) is 9.89 Å². The largest absolute Gasteiger partial charge is 0.507 e. The maximum absolute atomic E-state index is 13.1. The Kier molecular flexibility index (Phi) is 5.31. The molecule has 0 saturated carbocycles. The first-order valence-electron chi connectivity index (χ1n) is 10.2. The number of hydrogen-bond acceptors (Lipinski definition) is 4. The van der Waals surface area contributed by atoms with E-state index >= 15 is 0 Å². The van der Waals surface area contributed by atoms with Crippen LogP contribution in [0.3, 0.4) is 0 Å². The van der Waals surface area contributed by atoms with E-state index in [0.717, 1.165) is 11.1 Å². The SMILES string of the molecule is Cc1cc(O)c(-c2n[nH]c3c2[C@H](c2ccc(C(C)(C)C)cc2)N(CCO)C3=O)cc1Cl. The summed E-state index contributed by atoms with van der Waals surface area (Å²) in [6.45, 7) is 8.29. The molecule has 162 valence electrons. The number of nitrogens with one attached hydrogen (secondary N) is 1. The third kappa shape index (κ3) is 3.60. The van der Waals surface area contributed by atoms with Crippen molar-refractivity contribution in [1.29, 1.82) is 0 Å². The summed E-state index contributed by atoms with van der Waals surface area (Å²) in [4.78, 5) is 14.7. The zero-order chi connectivity index (χ0) is 22.5. The van der Waals surface area contributed by atoms with E-state index in [1.807, 2.05) is 19.1 Å². The topological polar surface area (TPSA) is 89.5 Å². The molecule has 1 atom stereocenters. The Bertz CT molecular complexity index is 1150. The molecule has 0 bridgehead atoms. The Morgan fingerprint density at radius 3 is 2.48 bits per heavy atom. The standard InChI is InChI=1S/C24H26ClN3O3/c1-13-11-18(30)16(12-17(13)25)20-19-21(27-26-20)23(31)28(9-10-29)22(19)14-5-7-15(8-6-14)24(2,3)4/h5-8,11-12,22,29-30H,9-10H2,1-4H3,(H,26,27)/t22-/m0/s1. The highest BCUT2D eigenvalue weighted by atomic mass is 35.5. The number of phenolic OH excluding ortho intramolecular Hbond substituents is 1. The summed E-state index contributed by atoms with van der Waals surface area (Å²) in [5.74, 6) is -0.184. The lowest BCUT2D eigenvalue weighted by molar-refractivity contribution is 0.0706. The van der Waals surface area contributed by atoms with Gasteiger partial charge in [-0.05, 0) is 41.2 Å². The molecule has 4 rings (SSSR count). The Labute approximate surface area is 186 Å². The Morgan fingerprint density at radius 1 is 1.19 bits per heavy atom. The predicted octanol–water partition coefficient (Wildman–Crippen LogP) is 4.58. The van der Waals surface area contributed by atoms with Gasteiger partial charge in [-0.1, -0.05) is 56.6 Å². The Hall–Kier alpha value is -2.83. The van der Waals surface area contributed by atoms with Gasteiger partial charge in [-0.25, -0.2) is 0 Å². The van der Waals surface area contributed by atoms with Crippen LogP contribution in [0.2, 0.25) is 5.02 Å². The van der Waals surface area contributed by atoms with Crippen LogP contribution in [0, 0.1) is 6.92 Å². The fourth-order valence-corrected chi connectivity index (χ4v) is 4.27. The van der Waals surface area contributed by atoms with E-state index in [0.29, 0.717) is 27.5 Å². The molecule has 31 heavy (non-hydrogen) atoms. The number of aromatic hydroxyl groups is 1. The second-order valence-corrected chi connectivity index (χ2v) is 9.38. The highest BCUT2D eigenvalue weighted by Crippen LogP contribution is 2.45. The van der Waals surface area contributed by atoms with Crippen LogP contribution >= 0.6 is 11.6 Å². The molecule has 1 aliphatic heterocycles. The van der Waals surface area contributed by atoms with Gasteiger partial charge in [0, 0.05) is 22.7 Å². The second kappa shape index (κ2) is 7.70. The van der Waals surface area contributed by atoms with Gasteiger partial charge in [-0.15, -0.1) is 0 Å². The number of rotatable bonds is 4. The van der Waals surface area contributed by atoms with Gasteiger partial charge in [0.2, 0.25) is 0 Å². The van der Waals surface area contributed by atoms with E-state index in [-0.39, 0.29) is 30.2 Å². The number of aliphatic hydroxyl groups is 1. The molecule has 6 nitrogen and oxygen atoms in total. The molecular formula is C24H26ClN3O3. The van der Waals surface area contributed by atoms with Gasteiger partial charge in [0.1, 0.15) is 17.1 Å². The molecule has 1 aliphatic rings. The first-order valence-corrected chi connectivity index (χ1v) is 10.6. The van der Waals surface area contributed by atoms with Crippen molar-refractivity contribution in [2.75, 3.05) is 13.2 Å². The first kappa shape index (κ1) is 21.4. The molecule has 0 unspecified atom stereocenters. The number of nitrogens with zero attached hydrogens (tertiary/aromatic N) is 2. The Morgan fingerprint density at radius 2 is 1.87 bits per heavy atom. The third-order valence-corrected chi connectivity index (χ3v) is 6.24. The van der Waals surface area contributed by atoms with Crippen LogP contribution in [0.5, 0.6) is 5.75 Å². The number of carbonyl (C=O) groups excluding carboxylic acids is 1. The number of β-amino-alcohol motifs (C(OH)–C–C–N with tert-alkyl or cyclic N) is 1. The van der Waals surface area contributed by atoms with Crippen LogP contribution in [0.4, 0.5) is 0 Å². The number of H-pyrrole nitrogens is 1. The van der Waals surface area contributed by atoms with E-state index in [4.69, 9.17) is 11.6 Å². The number of amides is 1. The number of carbonyl (C=O) groups is 1. The zero-order valence-corrected chi connectivity index (χ0v) is 18.8. The van der Waals surface area contributed by atoms with Crippen molar-refractivity contribution in [2.24, 2.45) is 0 Å². The van der Waals surface area contributed by atoms with Gasteiger partial charge < -0.3 is 15.1 Å². The third-order valence-electron chi connectivity index (χ3n) is 5.83. The van der Waals surface area contributed by atoms with Crippen molar-refractivity contribution in [1.82, 2.24) is 15.1 Å². The number of aromatic amines is 1. The summed E-state index contributed by atoms with van der Waals surface area (Å²) in [6.07, 6.45) is 0. The molecule has 3 aromatic rings. The molecule has 1 aromatic heterocycles. The number of benzene rings is 2. The monoisotopic (exact) mass is 439 g/mol. The molecule has 2 aromatic carbocycles. The highest BCUT2D eigenvalue weighted by molar-refractivity contribution is 6.31. The van der Waals surface area contributed by atoms with Crippen molar-refractivity contribution in [2.45, 2.75) is 39.2 Å². The smallest absolute Gasteiger partial charge is 0.273 e. The van der Waals surface area contributed by atoms with Crippen molar-refractivity contribution >= 4 is 17.5 Å². The lowest BCUT2D eigenvalue weighted by atomic mass is 9.85. The van der Waals surface area contributed by atoms with Crippen LogP contribution in [-0.4, -0.2) is 44.4 Å². The summed E-state index contributed by atoms with van der Waals surface area (Å²) >= 11 is 6.31. The van der Waals surface area contributed by atoms with Crippen molar-refractivity contribution in [3.63, 3.8) is 0 Å². The minimum absolute atomic E-state index is 0.00517. The lowest BCUT2D eigenvalue weighted by Gasteiger charge is -2.27. The molecule has 7 heteroatoms. The number of aromatic nitrogens is 2. The number of fused-ring (bicyclic) bond motifs is 1. The maximum atomic E-state index is 13.1. The fraction of sp³-hybridized carbons (Fsp3) is 0.333. The van der Waals surface area contributed by atoms with Gasteiger partial charge in [0.15, 0.2) is 0 Å². The first-order chi connectivity index (χ1) is 14.6. The normalized spacial score (nSPS) is 16.1. The predicted molar refractivity (Wildman–Crippen MR) is 121 cm³/mol. The number of phenols is 1. The fourth-order valence-electron chi connectivity index (χ4n) is 4.11. The van der Waals surface area contributed by atoms with E-state index < -0.39 is 6.04 Å². The minimum Gasteiger partial charge on any atom is -0.507 e. The number of aryl methyl sites for hydroxylation is 1. The average Bonchev–Trinajstić information content (AvgIpc) is 3.24. The van der Waals surface area contributed by atoms with Crippen LogP contribution < -0.4 is 0 Å². The molecule has 2 heterocycles. The second-order valence-electron chi connectivity index (χ2n) is 8.98. The highest BCUT2D eigenvalue weighted by Gasteiger charge is 2.42. The summed E-state index contributed by atoms with van der Waals surface area (Å²) < 4.78 is 0. The van der Waals surface area contributed by atoms with Crippen LogP contribution in [-0.2, 0) is 5.41 Å². The number of halogens is 1. The summed E-state index contributed by atoms with van der Waals surface area (Å²) in [6, 6.07) is 11.0. The number of hydrogen-bond donors (Lipinski definition) is 3. The maximum Gasteiger partial charge on any atom is 0.273 e. The van der Waals surface area contributed by atoms with E-state index in [1.54, 1.807) is 17.0 Å². The Balaban J connectivity index is 1.88. The summed E-state index contributed by atoms with van der Waals surface area (Å²) in [5.41, 5.74) is 4.84. The minimum atomic E-state index is -0.433. The van der Waals surface area contributed by atoms with Crippen molar-refractivity contribution in [3.8, 4) is 17.0 Å². The van der Waals surface area contributed by atoms with E-state index in [9.17, 15) is 15.0 Å². The zero-order valence-electron chi connectivity index (χ0n) is 18.0. The molecule has 0 saturated heterocycles. The van der Waals surface area contributed by atoms with Crippen LogP contribution in [0.25, 0.3) is 11.3 Å².